The Balaban J connectivity index is 2.17. The lowest BCUT2D eigenvalue weighted by atomic mass is 10.3. The van der Waals surface area contributed by atoms with Gasteiger partial charge in [0.25, 0.3) is 0 Å². The number of aromatic nitrogens is 2. The van der Waals surface area contributed by atoms with Crippen molar-refractivity contribution in [2.45, 2.75) is 26.3 Å². The lowest BCUT2D eigenvalue weighted by Gasteiger charge is -2.14. The van der Waals surface area contributed by atoms with Crippen LogP contribution in [0.5, 0.6) is 0 Å². The second-order valence-corrected chi connectivity index (χ2v) is 4.91. The van der Waals surface area contributed by atoms with Crippen LogP contribution in [0.25, 0.3) is 0 Å². The van der Waals surface area contributed by atoms with Crippen molar-refractivity contribution in [2.75, 3.05) is 10.7 Å². The maximum atomic E-state index is 5.40. The molecule has 2 aromatic rings. The van der Waals surface area contributed by atoms with Crippen LogP contribution in [-0.2, 0) is 6.42 Å². The van der Waals surface area contributed by atoms with Gasteiger partial charge in [-0.05, 0) is 18.4 Å². The largest absolute Gasteiger partial charge is 0.363 e. The topological polar surface area (TPSA) is 75.9 Å². The molecule has 18 heavy (non-hydrogen) atoms. The van der Waals surface area contributed by atoms with Gasteiger partial charge in [-0.3, -0.25) is 0 Å². The molecule has 2 aromatic heterocycles. The molecule has 0 aliphatic carbocycles. The first-order chi connectivity index (χ1) is 8.72. The molecule has 0 saturated heterocycles. The summed E-state index contributed by atoms with van der Waals surface area (Å²) in [7, 11) is 0. The summed E-state index contributed by atoms with van der Waals surface area (Å²) in [6.07, 6.45) is 0.775. The highest BCUT2D eigenvalue weighted by atomic mass is 32.1. The number of nitrogen functional groups attached to an aromatic ring is 1. The van der Waals surface area contributed by atoms with Crippen LogP contribution in [-0.4, -0.2) is 9.97 Å². The van der Waals surface area contributed by atoms with Crippen molar-refractivity contribution in [1.29, 1.82) is 0 Å². The van der Waals surface area contributed by atoms with Gasteiger partial charge in [0.05, 0.1) is 6.04 Å². The van der Waals surface area contributed by atoms with Crippen molar-refractivity contribution >= 4 is 23.0 Å². The van der Waals surface area contributed by atoms with E-state index in [4.69, 9.17) is 5.84 Å². The molecule has 0 amide bonds. The van der Waals surface area contributed by atoms with E-state index in [9.17, 15) is 0 Å². The number of aryl methyl sites for hydroxylation is 1. The van der Waals surface area contributed by atoms with Crippen molar-refractivity contribution in [1.82, 2.24) is 9.97 Å². The van der Waals surface area contributed by atoms with Crippen molar-refractivity contribution in [2.24, 2.45) is 5.84 Å². The van der Waals surface area contributed by atoms with Crippen molar-refractivity contribution < 1.29 is 0 Å². The third kappa shape index (κ3) is 2.96. The summed E-state index contributed by atoms with van der Waals surface area (Å²) in [6.45, 7) is 4.12. The van der Waals surface area contributed by atoms with E-state index in [1.165, 1.54) is 4.88 Å². The lowest BCUT2D eigenvalue weighted by Crippen LogP contribution is -2.13. The second-order valence-electron chi connectivity index (χ2n) is 3.93. The van der Waals surface area contributed by atoms with Crippen molar-refractivity contribution in [3.05, 3.63) is 34.3 Å². The molecule has 0 aromatic carbocycles. The summed E-state index contributed by atoms with van der Waals surface area (Å²) in [4.78, 5) is 9.96. The lowest BCUT2D eigenvalue weighted by molar-refractivity contribution is 0.872. The first-order valence-electron chi connectivity index (χ1n) is 5.87. The summed E-state index contributed by atoms with van der Waals surface area (Å²) < 4.78 is 0. The first kappa shape index (κ1) is 12.8. The Morgan fingerprint density at radius 2 is 2.17 bits per heavy atom. The van der Waals surface area contributed by atoms with Gasteiger partial charge in [0.1, 0.15) is 17.5 Å². The predicted octanol–water partition coefficient (Wildman–Crippen LogP) is 2.56. The molecular weight excluding hydrogens is 246 g/mol. The number of hydrogen-bond acceptors (Lipinski definition) is 6. The maximum absolute atomic E-state index is 5.40. The molecule has 1 atom stereocenters. The minimum atomic E-state index is 0.218. The van der Waals surface area contributed by atoms with E-state index >= 15 is 0 Å². The van der Waals surface area contributed by atoms with Gasteiger partial charge in [0, 0.05) is 17.4 Å². The van der Waals surface area contributed by atoms with Crippen LogP contribution in [0, 0.1) is 0 Å². The molecule has 4 N–H and O–H groups in total. The zero-order valence-corrected chi connectivity index (χ0v) is 11.3. The van der Waals surface area contributed by atoms with Crippen LogP contribution >= 0.6 is 11.3 Å². The number of hydrogen-bond donors (Lipinski definition) is 3. The van der Waals surface area contributed by atoms with Crippen LogP contribution in [0.15, 0.2) is 23.6 Å². The second kappa shape index (κ2) is 5.79. The SMILES string of the molecule is CCc1nc(NN)cc(NC(C)c2cccs2)n1. The Labute approximate surface area is 110 Å². The average Bonchev–Trinajstić information content (AvgIpc) is 2.92. The van der Waals surface area contributed by atoms with Crippen LogP contribution in [0.1, 0.15) is 30.6 Å². The molecule has 0 saturated carbocycles. The molecule has 1 unspecified atom stereocenters. The molecular formula is C12H17N5S. The van der Waals surface area contributed by atoms with Crippen molar-refractivity contribution in [3.63, 3.8) is 0 Å². The minimum absolute atomic E-state index is 0.218. The van der Waals surface area contributed by atoms with Gasteiger partial charge < -0.3 is 10.7 Å². The van der Waals surface area contributed by atoms with Gasteiger partial charge in [-0.15, -0.1) is 11.3 Å². The Kier molecular flexibility index (Phi) is 4.11. The van der Waals surface area contributed by atoms with Gasteiger partial charge in [0.15, 0.2) is 0 Å². The zero-order valence-electron chi connectivity index (χ0n) is 10.5. The van der Waals surface area contributed by atoms with Gasteiger partial charge in [-0.2, -0.15) is 0 Å². The predicted molar refractivity (Wildman–Crippen MR) is 75.6 cm³/mol. The van der Waals surface area contributed by atoms with E-state index in [0.29, 0.717) is 5.82 Å². The molecule has 0 fully saturated rings. The zero-order chi connectivity index (χ0) is 13.0. The Morgan fingerprint density at radius 3 is 2.78 bits per heavy atom. The number of rotatable bonds is 5. The molecule has 96 valence electrons. The molecule has 0 bridgehead atoms. The normalized spacial score (nSPS) is 12.2. The van der Waals surface area contributed by atoms with Crippen LogP contribution in [0.3, 0.4) is 0 Å². The highest BCUT2D eigenvalue weighted by Gasteiger charge is 2.09. The summed E-state index contributed by atoms with van der Waals surface area (Å²) in [5, 5.41) is 5.42. The third-order valence-electron chi connectivity index (χ3n) is 2.57. The summed E-state index contributed by atoms with van der Waals surface area (Å²) in [5.74, 6) is 7.59. The average molecular weight is 263 g/mol. The molecule has 0 spiro atoms. The molecule has 2 rings (SSSR count). The molecule has 6 heteroatoms. The van der Waals surface area contributed by atoms with Gasteiger partial charge >= 0.3 is 0 Å². The molecule has 0 aliphatic rings. The summed E-state index contributed by atoms with van der Waals surface area (Å²) in [5.41, 5.74) is 2.56. The fourth-order valence-corrected chi connectivity index (χ4v) is 2.37. The van der Waals surface area contributed by atoms with E-state index in [1.54, 1.807) is 11.3 Å². The highest BCUT2D eigenvalue weighted by Crippen LogP contribution is 2.23. The standard InChI is InChI=1S/C12H17N5S/c1-3-10-15-11(7-12(16-10)17-13)14-8(2)9-5-4-6-18-9/h4-8H,3,13H2,1-2H3,(H2,14,15,16,17). The number of thiophene rings is 1. The monoisotopic (exact) mass is 263 g/mol. The number of nitrogens with two attached hydrogens (primary N) is 1. The van der Waals surface area contributed by atoms with Crippen LogP contribution in [0.2, 0.25) is 0 Å². The van der Waals surface area contributed by atoms with E-state index < -0.39 is 0 Å². The van der Waals surface area contributed by atoms with Crippen LogP contribution in [0.4, 0.5) is 11.6 Å². The highest BCUT2D eigenvalue weighted by molar-refractivity contribution is 7.10. The van der Waals surface area contributed by atoms with E-state index in [0.717, 1.165) is 18.1 Å². The van der Waals surface area contributed by atoms with Crippen LogP contribution < -0.4 is 16.6 Å². The molecule has 2 heterocycles. The van der Waals surface area contributed by atoms with Gasteiger partial charge in [0.2, 0.25) is 0 Å². The smallest absolute Gasteiger partial charge is 0.145 e. The number of hydrazine groups is 1. The number of nitrogens with one attached hydrogen (secondary N) is 2. The fraction of sp³-hybridized carbons (Fsp3) is 0.333. The Hall–Kier alpha value is -1.66. The molecule has 0 radical (unpaired) electrons. The quantitative estimate of drug-likeness (QED) is 0.571. The number of anilines is 2. The van der Waals surface area contributed by atoms with Gasteiger partial charge in [-0.1, -0.05) is 13.0 Å². The van der Waals surface area contributed by atoms with Gasteiger partial charge in [-0.25, -0.2) is 15.8 Å². The Morgan fingerprint density at radius 1 is 1.39 bits per heavy atom. The first-order valence-corrected chi connectivity index (χ1v) is 6.75. The summed E-state index contributed by atoms with van der Waals surface area (Å²) >= 11 is 1.72. The fourth-order valence-electron chi connectivity index (χ4n) is 1.63. The van der Waals surface area contributed by atoms with Crippen molar-refractivity contribution in [3.8, 4) is 0 Å². The van der Waals surface area contributed by atoms with E-state index in [1.807, 2.05) is 19.1 Å². The number of nitrogens with zero attached hydrogens (tertiary/aromatic N) is 2. The molecule has 5 nitrogen and oxygen atoms in total. The maximum Gasteiger partial charge on any atom is 0.145 e. The van der Waals surface area contributed by atoms with E-state index in [-0.39, 0.29) is 6.04 Å². The summed E-state index contributed by atoms with van der Waals surface area (Å²) in [6, 6.07) is 6.17. The molecule has 0 aliphatic heterocycles. The Bertz CT molecular complexity index is 475. The van der Waals surface area contributed by atoms with E-state index in [2.05, 4.69) is 39.1 Å². The minimum Gasteiger partial charge on any atom is -0.363 e. The third-order valence-corrected chi connectivity index (χ3v) is 3.63.